The normalized spacial score (nSPS) is 15.4. The summed E-state index contributed by atoms with van der Waals surface area (Å²) in [7, 11) is -21.8. The quantitative estimate of drug-likeness (QED) is 0.248. The lowest BCUT2D eigenvalue weighted by Gasteiger charge is -2.31. The van der Waals surface area contributed by atoms with Gasteiger partial charge in [0, 0.05) is 13.1 Å². The number of alkyl halides is 9. The molecule has 0 spiro atoms. The molecule has 0 aromatic heterocycles. The van der Waals surface area contributed by atoms with Crippen molar-refractivity contribution in [3.63, 3.8) is 0 Å². The molecule has 0 heterocycles. The van der Waals surface area contributed by atoms with Crippen molar-refractivity contribution < 1.29 is 64.8 Å². The van der Waals surface area contributed by atoms with Gasteiger partial charge in [-0.1, -0.05) is 11.1 Å². The predicted molar refractivity (Wildman–Crippen MR) is 82.0 cm³/mol. The molecule has 0 rings (SSSR count). The van der Waals surface area contributed by atoms with E-state index in [0.29, 0.717) is 6.42 Å². The van der Waals surface area contributed by atoms with Crippen molar-refractivity contribution in [3.05, 3.63) is 0 Å². The lowest BCUT2D eigenvalue weighted by molar-refractivity contribution is -0.244. The second kappa shape index (κ2) is 8.92. The van der Waals surface area contributed by atoms with E-state index in [9.17, 15) is 64.8 Å². The molecule has 0 fully saturated rings. The zero-order valence-corrected chi connectivity index (χ0v) is 16.9. The summed E-state index contributed by atoms with van der Waals surface area (Å²) in [6, 6.07) is 0. The smallest absolute Gasteiger partial charge is 0.315 e. The first kappa shape index (κ1) is 29.1. The third-order valence-corrected chi connectivity index (χ3v) is 7.76. The summed E-state index contributed by atoms with van der Waals surface area (Å²) in [5.41, 5.74) is -6.62. The van der Waals surface area contributed by atoms with E-state index in [1.165, 1.54) is 0 Å². The predicted octanol–water partition coefficient (Wildman–Crippen LogP) is 0.495. The maximum Gasteiger partial charge on any atom is 0.512 e. The summed E-state index contributed by atoms with van der Waals surface area (Å²) >= 11 is 0. The topological polar surface area (TPSA) is 139 Å². The van der Waals surface area contributed by atoms with Gasteiger partial charge in [0.05, 0.1) is 0 Å². The first-order chi connectivity index (χ1) is 13.0. The largest absolute Gasteiger partial charge is 0.512 e. The summed E-state index contributed by atoms with van der Waals surface area (Å²) in [5.74, 6) is -7.42. The van der Waals surface area contributed by atoms with Gasteiger partial charge >= 0.3 is 32.0 Å². The highest BCUT2D eigenvalue weighted by atomic mass is 32.3. The minimum absolute atomic E-state index is 0.212. The molecule has 0 aliphatic heterocycles. The number of hydrogen-bond acceptors (Lipinski definition) is 7. The van der Waals surface area contributed by atoms with Crippen molar-refractivity contribution >= 4 is 30.1 Å². The standard InChI is InChI=1S/C9H14F9N3O6S3/c1-2-3-19-4-5-20-28(22,23)7(12,13)6(10,11)8(14,15)29(24,25)21-30(26,27)9(16,17)18/h19-21H,2-5H2,1H3. The van der Waals surface area contributed by atoms with Crippen molar-refractivity contribution in [3.8, 4) is 0 Å². The minimum Gasteiger partial charge on any atom is -0.315 e. The third kappa shape index (κ3) is 5.47. The van der Waals surface area contributed by atoms with E-state index in [1.807, 2.05) is 0 Å². The van der Waals surface area contributed by atoms with Crippen LogP contribution in [0.3, 0.4) is 0 Å². The molecule has 30 heavy (non-hydrogen) atoms. The first-order valence-corrected chi connectivity index (χ1v) is 11.6. The van der Waals surface area contributed by atoms with E-state index in [-0.39, 0.29) is 6.54 Å². The van der Waals surface area contributed by atoms with Gasteiger partial charge in [-0.2, -0.15) is 39.5 Å². The zero-order chi connectivity index (χ0) is 24.4. The van der Waals surface area contributed by atoms with Crippen LogP contribution in [0.4, 0.5) is 39.5 Å². The fourth-order valence-corrected chi connectivity index (χ4v) is 4.92. The molecule has 0 aliphatic rings. The summed E-state index contributed by atoms with van der Waals surface area (Å²) < 4.78 is 184. The summed E-state index contributed by atoms with van der Waals surface area (Å²) in [5, 5.41) is -11.8. The lowest BCUT2D eigenvalue weighted by atomic mass is 10.3. The summed E-state index contributed by atoms with van der Waals surface area (Å²) in [4.78, 5) is 0. The van der Waals surface area contributed by atoms with Crippen LogP contribution in [0.25, 0.3) is 0 Å². The Balaban J connectivity index is 6.00. The van der Waals surface area contributed by atoms with Gasteiger partial charge in [-0.05, 0) is 13.0 Å². The van der Waals surface area contributed by atoms with Crippen LogP contribution in [0.2, 0.25) is 0 Å². The van der Waals surface area contributed by atoms with E-state index in [0.717, 1.165) is 4.72 Å². The summed E-state index contributed by atoms with van der Waals surface area (Å²) in [6.07, 6.45) is 0.471. The molecule has 0 radical (unpaired) electrons. The number of rotatable bonds is 12. The van der Waals surface area contributed by atoms with Gasteiger partial charge < -0.3 is 5.32 Å². The lowest BCUT2D eigenvalue weighted by Crippen LogP contribution is -2.65. The number of sulfonamides is 3. The Morgan fingerprint density at radius 3 is 1.47 bits per heavy atom. The van der Waals surface area contributed by atoms with Gasteiger partial charge in [-0.3, -0.25) is 0 Å². The molecule has 9 nitrogen and oxygen atoms in total. The highest BCUT2D eigenvalue weighted by Gasteiger charge is 2.82. The average molecular weight is 527 g/mol. The zero-order valence-electron chi connectivity index (χ0n) is 14.4. The molecule has 0 amide bonds. The van der Waals surface area contributed by atoms with Crippen LogP contribution in [0, 0.1) is 0 Å². The molecule has 21 heteroatoms. The Hall–Kier alpha value is -0.900. The molecular formula is C9H14F9N3O6S3. The summed E-state index contributed by atoms with van der Waals surface area (Å²) in [6.45, 7) is 0.340. The maximum absolute atomic E-state index is 13.7. The van der Waals surface area contributed by atoms with Crippen LogP contribution in [-0.2, 0) is 30.1 Å². The van der Waals surface area contributed by atoms with Crippen LogP contribution in [0.1, 0.15) is 13.3 Å². The monoisotopic (exact) mass is 527 g/mol. The van der Waals surface area contributed by atoms with E-state index in [2.05, 4.69) is 5.32 Å². The number of hydrogen-bond donors (Lipinski definition) is 3. The van der Waals surface area contributed by atoms with Crippen molar-refractivity contribution in [2.75, 3.05) is 19.6 Å². The van der Waals surface area contributed by atoms with Crippen LogP contribution >= 0.6 is 0 Å². The van der Waals surface area contributed by atoms with Crippen molar-refractivity contribution in [2.24, 2.45) is 0 Å². The van der Waals surface area contributed by atoms with Crippen LogP contribution in [-0.4, -0.2) is 66.8 Å². The van der Waals surface area contributed by atoms with E-state index in [1.54, 1.807) is 6.92 Å². The van der Waals surface area contributed by atoms with Crippen molar-refractivity contribution in [1.29, 1.82) is 0 Å². The Bertz CT molecular complexity index is 915. The Morgan fingerprint density at radius 1 is 0.633 bits per heavy atom. The Kier molecular flexibility index (Phi) is 8.65. The number of nitrogens with one attached hydrogen (secondary N) is 3. The maximum atomic E-state index is 13.7. The molecule has 0 aromatic carbocycles. The van der Waals surface area contributed by atoms with E-state index in [4.69, 9.17) is 0 Å². The first-order valence-electron chi connectivity index (χ1n) is 7.19. The van der Waals surface area contributed by atoms with Crippen LogP contribution in [0.5, 0.6) is 0 Å². The molecular weight excluding hydrogens is 513 g/mol. The molecule has 0 aliphatic carbocycles. The number of halogens is 9. The third-order valence-electron chi connectivity index (χ3n) is 2.95. The molecule has 0 aromatic rings. The van der Waals surface area contributed by atoms with Gasteiger partial charge in [-0.15, -0.1) is 0 Å². The van der Waals surface area contributed by atoms with E-state index < -0.39 is 69.2 Å². The second-order valence-corrected chi connectivity index (χ2v) is 10.8. The van der Waals surface area contributed by atoms with Crippen molar-refractivity contribution in [1.82, 2.24) is 14.2 Å². The van der Waals surface area contributed by atoms with Gasteiger partial charge in [-0.25, -0.2) is 30.0 Å². The van der Waals surface area contributed by atoms with Gasteiger partial charge in [0.1, 0.15) is 0 Å². The molecule has 0 atom stereocenters. The molecule has 0 unspecified atom stereocenters. The fraction of sp³-hybridized carbons (Fsp3) is 1.00. The second-order valence-electron chi connectivity index (χ2n) is 5.29. The average Bonchev–Trinajstić information content (AvgIpc) is 2.51. The highest BCUT2D eigenvalue weighted by molar-refractivity contribution is 8.05. The molecule has 3 N–H and O–H groups in total. The molecule has 0 saturated carbocycles. The minimum atomic E-state index is -7.76. The van der Waals surface area contributed by atoms with Gasteiger partial charge in [0.15, 0.2) is 0 Å². The highest BCUT2D eigenvalue weighted by Crippen LogP contribution is 2.50. The Labute approximate surface area is 164 Å². The van der Waals surface area contributed by atoms with Crippen LogP contribution < -0.4 is 14.2 Å². The molecule has 182 valence electrons. The van der Waals surface area contributed by atoms with Gasteiger partial charge in [0.25, 0.3) is 20.0 Å². The fourth-order valence-electron chi connectivity index (χ4n) is 1.42. The SMILES string of the molecule is CCCNCCNS(=O)(=O)C(F)(F)C(F)(F)C(F)(F)S(=O)(=O)NS(=O)(=O)C(F)(F)F. The molecule has 0 bridgehead atoms. The van der Waals surface area contributed by atoms with Gasteiger partial charge in [0.2, 0.25) is 0 Å². The van der Waals surface area contributed by atoms with E-state index >= 15 is 0 Å². The molecule has 0 saturated heterocycles. The Morgan fingerprint density at radius 2 is 1.07 bits per heavy atom. The van der Waals surface area contributed by atoms with Crippen molar-refractivity contribution in [2.45, 2.75) is 35.3 Å². The van der Waals surface area contributed by atoms with Crippen LogP contribution in [0.15, 0.2) is 0 Å².